The number of hydrogen-bond donors (Lipinski definition) is 1. The summed E-state index contributed by atoms with van der Waals surface area (Å²) in [4.78, 5) is 2.71. The average Bonchev–Trinajstić information content (AvgIpc) is 2.81. The molecule has 1 heterocycles. The van der Waals surface area contributed by atoms with Crippen molar-refractivity contribution in [3.8, 4) is 0 Å². The summed E-state index contributed by atoms with van der Waals surface area (Å²) in [7, 11) is 0. The van der Waals surface area contributed by atoms with Gasteiger partial charge in [0.15, 0.2) is 0 Å². The molecule has 0 amide bonds. The van der Waals surface area contributed by atoms with Gasteiger partial charge in [0.25, 0.3) is 0 Å². The Bertz CT molecular complexity index is 701. The topological polar surface area (TPSA) is 23.5 Å². The number of likely N-dealkylation sites (tertiary alicyclic amines) is 1. The summed E-state index contributed by atoms with van der Waals surface area (Å²) < 4.78 is 0. The number of hydrogen-bond acceptors (Lipinski definition) is 2. The average molecular weight is 406 g/mol. The van der Waals surface area contributed by atoms with E-state index in [9.17, 15) is 5.11 Å². The largest absolute Gasteiger partial charge is 0.396 e. The van der Waals surface area contributed by atoms with Gasteiger partial charge in [0.05, 0.1) is 0 Å². The second-order valence-electron chi connectivity index (χ2n) is 8.62. The second kappa shape index (κ2) is 12.7. The van der Waals surface area contributed by atoms with E-state index in [1.54, 1.807) is 5.57 Å². The zero-order valence-corrected chi connectivity index (χ0v) is 18.7. The van der Waals surface area contributed by atoms with E-state index in [0.29, 0.717) is 12.6 Å². The third-order valence-corrected chi connectivity index (χ3v) is 6.48. The molecule has 1 aliphatic heterocycles. The number of unbranched alkanes of at least 4 members (excludes halogenated alkanes) is 3. The molecule has 30 heavy (non-hydrogen) atoms. The highest BCUT2D eigenvalue weighted by Crippen LogP contribution is 2.33. The first-order chi connectivity index (χ1) is 14.8. The van der Waals surface area contributed by atoms with Crippen molar-refractivity contribution >= 4 is 5.57 Å². The Balaban J connectivity index is 1.73. The van der Waals surface area contributed by atoms with Gasteiger partial charge in [-0.05, 0) is 48.8 Å². The molecule has 1 fully saturated rings. The van der Waals surface area contributed by atoms with Gasteiger partial charge in [-0.15, -0.1) is 0 Å². The smallest absolute Gasteiger partial charge is 0.0431 e. The Labute approximate surface area is 183 Å². The van der Waals surface area contributed by atoms with Crippen LogP contribution in [-0.4, -0.2) is 35.7 Å². The van der Waals surface area contributed by atoms with Crippen LogP contribution in [0.15, 0.2) is 66.2 Å². The number of nitrogens with zero attached hydrogens (tertiary/aromatic N) is 1. The molecular formula is C28H39NO. The molecule has 2 aromatic rings. The van der Waals surface area contributed by atoms with Crippen LogP contribution in [0, 0.1) is 0 Å². The first-order valence-electron chi connectivity index (χ1n) is 12.0. The van der Waals surface area contributed by atoms with Crippen LogP contribution in [0.25, 0.3) is 5.57 Å². The molecule has 1 unspecified atom stereocenters. The molecule has 0 aromatic heterocycles. The minimum Gasteiger partial charge on any atom is -0.396 e. The SMILES string of the molecule is CCCCCCC(CCCO)N1CCC(=C(c2ccccc2)c2ccccc2)CC1. The van der Waals surface area contributed by atoms with Gasteiger partial charge in [-0.1, -0.05) is 98.8 Å². The van der Waals surface area contributed by atoms with E-state index in [1.807, 2.05) is 0 Å². The van der Waals surface area contributed by atoms with E-state index in [1.165, 1.54) is 48.8 Å². The predicted octanol–water partition coefficient (Wildman–Crippen LogP) is 6.70. The quantitative estimate of drug-likeness (QED) is 0.421. The van der Waals surface area contributed by atoms with Crippen molar-refractivity contribution < 1.29 is 5.11 Å². The highest BCUT2D eigenvalue weighted by molar-refractivity contribution is 5.82. The molecule has 0 aliphatic carbocycles. The molecule has 1 atom stereocenters. The summed E-state index contributed by atoms with van der Waals surface area (Å²) in [5.74, 6) is 0. The molecule has 0 bridgehead atoms. The molecule has 0 spiro atoms. The van der Waals surface area contributed by atoms with E-state index in [0.717, 1.165) is 38.8 Å². The van der Waals surface area contributed by atoms with Gasteiger partial charge in [-0.2, -0.15) is 0 Å². The van der Waals surface area contributed by atoms with Gasteiger partial charge < -0.3 is 5.11 Å². The standard InChI is InChI=1S/C28H39NO/c1-2-3-4-11-17-27(18-12-23-30)29-21-19-26(20-22-29)28(24-13-7-5-8-14-24)25-15-9-6-10-16-25/h5-10,13-16,27,30H,2-4,11-12,17-23H2,1H3. The van der Waals surface area contributed by atoms with Crippen LogP contribution in [0.4, 0.5) is 0 Å². The maximum atomic E-state index is 9.36. The third kappa shape index (κ3) is 6.55. The minimum atomic E-state index is 0.316. The van der Waals surface area contributed by atoms with Crippen LogP contribution < -0.4 is 0 Å². The summed E-state index contributed by atoms with van der Waals surface area (Å²) >= 11 is 0. The van der Waals surface area contributed by atoms with Gasteiger partial charge in [-0.3, -0.25) is 4.90 Å². The molecule has 1 aliphatic rings. The van der Waals surface area contributed by atoms with E-state index in [2.05, 4.69) is 72.5 Å². The maximum Gasteiger partial charge on any atom is 0.0431 e. The number of piperidine rings is 1. The van der Waals surface area contributed by atoms with Crippen LogP contribution >= 0.6 is 0 Å². The molecule has 1 N–H and O–H groups in total. The minimum absolute atomic E-state index is 0.316. The molecule has 3 rings (SSSR count). The highest BCUT2D eigenvalue weighted by atomic mass is 16.2. The Hall–Kier alpha value is -1.90. The lowest BCUT2D eigenvalue weighted by Gasteiger charge is -2.36. The second-order valence-corrected chi connectivity index (χ2v) is 8.62. The van der Waals surface area contributed by atoms with Gasteiger partial charge in [0, 0.05) is 25.7 Å². The molecular weight excluding hydrogens is 366 g/mol. The summed E-state index contributed by atoms with van der Waals surface area (Å²) in [6.45, 7) is 4.88. The van der Waals surface area contributed by atoms with Crippen molar-refractivity contribution in [2.24, 2.45) is 0 Å². The van der Waals surface area contributed by atoms with Crippen molar-refractivity contribution in [1.82, 2.24) is 4.90 Å². The molecule has 2 heteroatoms. The zero-order valence-electron chi connectivity index (χ0n) is 18.7. The first-order valence-corrected chi connectivity index (χ1v) is 12.0. The lowest BCUT2D eigenvalue weighted by molar-refractivity contribution is 0.151. The first kappa shape index (κ1) is 22.8. The van der Waals surface area contributed by atoms with Crippen molar-refractivity contribution in [1.29, 1.82) is 0 Å². The molecule has 0 radical (unpaired) electrons. The monoisotopic (exact) mass is 405 g/mol. The summed E-state index contributed by atoms with van der Waals surface area (Å²) in [6.07, 6.45) is 10.9. The zero-order chi connectivity index (χ0) is 21.0. The van der Waals surface area contributed by atoms with Crippen LogP contribution in [0.1, 0.15) is 75.8 Å². The summed E-state index contributed by atoms with van der Waals surface area (Å²) in [6, 6.07) is 22.4. The summed E-state index contributed by atoms with van der Waals surface area (Å²) in [5, 5.41) is 9.36. The van der Waals surface area contributed by atoms with Crippen molar-refractivity contribution in [3.05, 3.63) is 77.4 Å². The Morgan fingerprint density at radius 2 is 1.37 bits per heavy atom. The van der Waals surface area contributed by atoms with Gasteiger partial charge in [-0.25, -0.2) is 0 Å². The van der Waals surface area contributed by atoms with Crippen molar-refractivity contribution in [2.45, 2.75) is 70.8 Å². The molecule has 0 saturated carbocycles. The van der Waals surface area contributed by atoms with Crippen molar-refractivity contribution in [3.63, 3.8) is 0 Å². The van der Waals surface area contributed by atoms with Gasteiger partial charge in [0.1, 0.15) is 0 Å². The van der Waals surface area contributed by atoms with Crippen molar-refractivity contribution in [2.75, 3.05) is 19.7 Å². The van der Waals surface area contributed by atoms with Crippen LogP contribution in [-0.2, 0) is 0 Å². The number of aliphatic hydroxyl groups excluding tert-OH is 1. The third-order valence-electron chi connectivity index (χ3n) is 6.48. The Morgan fingerprint density at radius 1 is 0.800 bits per heavy atom. The fourth-order valence-electron chi connectivity index (χ4n) is 4.84. The predicted molar refractivity (Wildman–Crippen MR) is 129 cm³/mol. The number of benzene rings is 2. The molecule has 162 valence electrons. The molecule has 2 nitrogen and oxygen atoms in total. The molecule has 2 aromatic carbocycles. The van der Waals surface area contributed by atoms with E-state index >= 15 is 0 Å². The van der Waals surface area contributed by atoms with Crippen LogP contribution in [0.5, 0.6) is 0 Å². The highest BCUT2D eigenvalue weighted by Gasteiger charge is 2.24. The fraction of sp³-hybridized carbons (Fsp3) is 0.500. The number of aliphatic hydroxyl groups is 1. The lowest BCUT2D eigenvalue weighted by Crippen LogP contribution is -2.40. The maximum absolute atomic E-state index is 9.36. The van der Waals surface area contributed by atoms with E-state index in [4.69, 9.17) is 0 Å². The summed E-state index contributed by atoms with van der Waals surface area (Å²) in [5.41, 5.74) is 5.70. The molecule has 1 saturated heterocycles. The Kier molecular flexibility index (Phi) is 9.66. The lowest BCUT2D eigenvalue weighted by atomic mass is 9.87. The van der Waals surface area contributed by atoms with Gasteiger partial charge in [0.2, 0.25) is 0 Å². The Morgan fingerprint density at radius 3 is 1.90 bits per heavy atom. The van der Waals surface area contributed by atoms with E-state index < -0.39 is 0 Å². The van der Waals surface area contributed by atoms with Crippen LogP contribution in [0.2, 0.25) is 0 Å². The van der Waals surface area contributed by atoms with E-state index in [-0.39, 0.29) is 0 Å². The van der Waals surface area contributed by atoms with Gasteiger partial charge >= 0.3 is 0 Å². The van der Waals surface area contributed by atoms with Crippen LogP contribution in [0.3, 0.4) is 0 Å². The normalized spacial score (nSPS) is 15.9. The number of rotatable bonds is 11. The fourth-order valence-corrected chi connectivity index (χ4v) is 4.84.